The van der Waals surface area contributed by atoms with Gasteiger partial charge in [0.2, 0.25) is 0 Å². The average molecular weight is 287 g/mol. The van der Waals surface area contributed by atoms with Gasteiger partial charge in [-0.2, -0.15) is 0 Å². The molecule has 0 aromatic heterocycles. The van der Waals surface area contributed by atoms with Crippen molar-refractivity contribution in [2.75, 3.05) is 6.54 Å². The molecule has 0 aliphatic carbocycles. The number of aryl methyl sites for hydroxylation is 2. The van der Waals surface area contributed by atoms with Crippen LogP contribution in [0.4, 0.5) is 4.39 Å². The minimum Gasteiger partial charge on any atom is -0.454 e. The molecule has 0 amide bonds. The first kappa shape index (κ1) is 15.5. The van der Waals surface area contributed by atoms with Gasteiger partial charge in [-0.1, -0.05) is 31.2 Å². The smallest absolute Gasteiger partial charge is 0.168 e. The molecule has 0 saturated carbocycles. The molecule has 2 aromatic rings. The van der Waals surface area contributed by atoms with Gasteiger partial charge in [-0.25, -0.2) is 4.39 Å². The van der Waals surface area contributed by atoms with E-state index in [0.717, 1.165) is 30.6 Å². The first-order valence-electron chi connectivity index (χ1n) is 7.35. The van der Waals surface area contributed by atoms with Crippen LogP contribution in [0.15, 0.2) is 36.4 Å². The highest BCUT2D eigenvalue weighted by Gasteiger charge is 2.09. The van der Waals surface area contributed by atoms with E-state index < -0.39 is 0 Å². The molecule has 0 unspecified atom stereocenters. The molecule has 0 bridgehead atoms. The van der Waals surface area contributed by atoms with Crippen LogP contribution < -0.4 is 10.1 Å². The van der Waals surface area contributed by atoms with E-state index in [0.29, 0.717) is 11.3 Å². The van der Waals surface area contributed by atoms with Crippen LogP contribution >= 0.6 is 0 Å². The van der Waals surface area contributed by atoms with Crippen LogP contribution in [0.1, 0.15) is 30.0 Å². The molecule has 3 heteroatoms. The molecular weight excluding hydrogens is 265 g/mol. The molecule has 0 saturated heterocycles. The summed E-state index contributed by atoms with van der Waals surface area (Å²) in [7, 11) is 0. The van der Waals surface area contributed by atoms with Gasteiger partial charge < -0.3 is 10.1 Å². The molecular formula is C18H22FNO. The van der Waals surface area contributed by atoms with Crippen LogP contribution in [-0.2, 0) is 6.54 Å². The molecule has 2 rings (SSSR count). The number of halogens is 1. The van der Waals surface area contributed by atoms with Crippen LogP contribution in [0.3, 0.4) is 0 Å². The van der Waals surface area contributed by atoms with Crippen LogP contribution in [-0.4, -0.2) is 6.54 Å². The summed E-state index contributed by atoms with van der Waals surface area (Å²) in [4.78, 5) is 0. The van der Waals surface area contributed by atoms with Gasteiger partial charge >= 0.3 is 0 Å². The van der Waals surface area contributed by atoms with Gasteiger partial charge in [0.15, 0.2) is 11.6 Å². The maximum Gasteiger partial charge on any atom is 0.168 e. The molecule has 2 aromatic carbocycles. The van der Waals surface area contributed by atoms with Crippen molar-refractivity contribution in [1.29, 1.82) is 0 Å². The SMILES string of the molecule is CCCNCc1ccc(C)c(Oc2cccc(C)c2F)c1. The van der Waals surface area contributed by atoms with Gasteiger partial charge in [-0.05, 0) is 55.6 Å². The average Bonchev–Trinajstić information content (AvgIpc) is 2.47. The summed E-state index contributed by atoms with van der Waals surface area (Å²) in [6.45, 7) is 7.61. The molecule has 0 aliphatic heterocycles. The van der Waals surface area contributed by atoms with E-state index in [-0.39, 0.29) is 11.6 Å². The highest BCUT2D eigenvalue weighted by atomic mass is 19.1. The van der Waals surface area contributed by atoms with Crippen molar-refractivity contribution in [3.05, 3.63) is 58.9 Å². The zero-order chi connectivity index (χ0) is 15.2. The topological polar surface area (TPSA) is 21.3 Å². The molecule has 1 N–H and O–H groups in total. The summed E-state index contributed by atoms with van der Waals surface area (Å²) in [5.41, 5.74) is 2.72. The standard InChI is InChI=1S/C18H22FNO/c1-4-10-20-12-15-9-8-13(2)17(11-15)21-16-7-5-6-14(3)18(16)19/h5-9,11,20H,4,10,12H2,1-3H3. The highest BCUT2D eigenvalue weighted by Crippen LogP contribution is 2.29. The molecule has 112 valence electrons. The van der Waals surface area contributed by atoms with Crippen LogP contribution in [0.5, 0.6) is 11.5 Å². The third-order valence-corrected chi connectivity index (χ3v) is 3.38. The Kier molecular flexibility index (Phi) is 5.34. The highest BCUT2D eigenvalue weighted by molar-refractivity contribution is 5.41. The zero-order valence-electron chi connectivity index (χ0n) is 12.9. The summed E-state index contributed by atoms with van der Waals surface area (Å²) in [6, 6.07) is 11.2. The summed E-state index contributed by atoms with van der Waals surface area (Å²) < 4.78 is 19.8. The number of benzene rings is 2. The number of ether oxygens (including phenoxy) is 1. The molecule has 0 spiro atoms. The quantitative estimate of drug-likeness (QED) is 0.775. The second-order valence-electron chi connectivity index (χ2n) is 5.27. The first-order chi connectivity index (χ1) is 10.1. The van der Waals surface area contributed by atoms with E-state index in [1.54, 1.807) is 25.1 Å². The molecule has 0 fully saturated rings. The Balaban J connectivity index is 2.18. The zero-order valence-corrected chi connectivity index (χ0v) is 12.9. The van der Waals surface area contributed by atoms with Crippen LogP contribution in [0.25, 0.3) is 0 Å². The second-order valence-corrected chi connectivity index (χ2v) is 5.27. The predicted molar refractivity (Wildman–Crippen MR) is 84.4 cm³/mol. The van der Waals surface area contributed by atoms with Crippen molar-refractivity contribution < 1.29 is 9.13 Å². The van der Waals surface area contributed by atoms with Gasteiger partial charge in [-0.3, -0.25) is 0 Å². The molecule has 2 nitrogen and oxygen atoms in total. The molecule has 0 atom stereocenters. The summed E-state index contributed by atoms with van der Waals surface area (Å²) >= 11 is 0. The lowest BCUT2D eigenvalue weighted by Crippen LogP contribution is -2.13. The summed E-state index contributed by atoms with van der Waals surface area (Å²) in [5.74, 6) is 0.679. The molecule has 0 aliphatic rings. The van der Waals surface area contributed by atoms with E-state index in [1.165, 1.54) is 0 Å². The van der Waals surface area contributed by atoms with Crippen molar-refractivity contribution in [2.24, 2.45) is 0 Å². The van der Waals surface area contributed by atoms with E-state index in [9.17, 15) is 4.39 Å². The Morgan fingerprint density at radius 3 is 2.62 bits per heavy atom. The summed E-state index contributed by atoms with van der Waals surface area (Å²) in [5, 5.41) is 3.35. The summed E-state index contributed by atoms with van der Waals surface area (Å²) in [6.07, 6.45) is 1.10. The Morgan fingerprint density at radius 1 is 1.05 bits per heavy atom. The lowest BCUT2D eigenvalue weighted by atomic mass is 10.1. The lowest BCUT2D eigenvalue weighted by molar-refractivity contribution is 0.436. The Labute approximate surface area is 126 Å². The van der Waals surface area contributed by atoms with Gasteiger partial charge in [0.05, 0.1) is 0 Å². The van der Waals surface area contributed by atoms with Crippen molar-refractivity contribution in [3.63, 3.8) is 0 Å². The minimum absolute atomic E-state index is 0.275. The van der Waals surface area contributed by atoms with Gasteiger partial charge in [0.25, 0.3) is 0 Å². The van der Waals surface area contributed by atoms with Crippen molar-refractivity contribution in [1.82, 2.24) is 5.32 Å². The maximum atomic E-state index is 14.0. The van der Waals surface area contributed by atoms with Gasteiger partial charge in [0.1, 0.15) is 5.75 Å². The number of hydrogen-bond donors (Lipinski definition) is 1. The van der Waals surface area contributed by atoms with E-state index in [4.69, 9.17) is 4.74 Å². The van der Waals surface area contributed by atoms with Crippen molar-refractivity contribution in [3.8, 4) is 11.5 Å². The normalized spacial score (nSPS) is 10.7. The fourth-order valence-corrected chi connectivity index (χ4v) is 2.09. The molecule has 0 radical (unpaired) electrons. The van der Waals surface area contributed by atoms with Crippen LogP contribution in [0.2, 0.25) is 0 Å². The number of hydrogen-bond acceptors (Lipinski definition) is 2. The van der Waals surface area contributed by atoms with Crippen molar-refractivity contribution in [2.45, 2.75) is 33.7 Å². The maximum absolute atomic E-state index is 14.0. The molecule has 21 heavy (non-hydrogen) atoms. The van der Waals surface area contributed by atoms with Crippen molar-refractivity contribution >= 4 is 0 Å². The fourth-order valence-electron chi connectivity index (χ4n) is 2.09. The monoisotopic (exact) mass is 287 g/mol. The third-order valence-electron chi connectivity index (χ3n) is 3.38. The van der Waals surface area contributed by atoms with E-state index in [1.807, 2.05) is 19.1 Å². The third kappa shape index (κ3) is 4.05. The largest absolute Gasteiger partial charge is 0.454 e. The lowest BCUT2D eigenvalue weighted by Gasteiger charge is -2.12. The fraction of sp³-hybridized carbons (Fsp3) is 0.333. The number of rotatable bonds is 6. The second kappa shape index (κ2) is 7.23. The number of nitrogens with one attached hydrogen (secondary N) is 1. The Morgan fingerprint density at radius 2 is 1.86 bits per heavy atom. The first-order valence-corrected chi connectivity index (χ1v) is 7.35. The minimum atomic E-state index is -0.300. The van der Waals surface area contributed by atoms with Gasteiger partial charge in [-0.15, -0.1) is 0 Å². The Bertz CT molecular complexity index is 610. The Hall–Kier alpha value is -1.87. The van der Waals surface area contributed by atoms with Gasteiger partial charge in [0, 0.05) is 6.54 Å². The predicted octanol–water partition coefficient (Wildman–Crippen LogP) is 4.73. The van der Waals surface area contributed by atoms with E-state index >= 15 is 0 Å². The van der Waals surface area contributed by atoms with Crippen LogP contribution in [0, 0.1) is 19.7 Å². The molecule has 0 heterocycles. The van der Waals surface area contributed by atoms with E-state index in [2.05, 4.69) is 18.3 Å².